The minimum atomic E-state index is 0.589. The van der Waals surface area contributed by atoms with E-state index in [0.717, 1.165) is 34.1 Å². The van der Waals surface area contributed by atoms with Crippen LogP contribution in [0.5, 0.6) is 5.75 Å². The number of methoxy groups -OCH3 is 1. The maximum Gasteiger partial charge on any atom is 0.165 e. The summed E-state index contributed by atoms with van der Waals surface area (Å²) in [6.45, 7) is 0. The van der Waals surface area contributed by atoms with Crippen LogP contribution >= 0.6 is 11.8 Å². The van der Waals surface area contributed by atoms with Crippen molar-refractivity contribution >= 4 is 17.6 Å². The van der Waals surface area contributed by atoms with Gasteiger partial charge in [0.05, 0.1) is 18.4 Å². The fourth-order valence-electron chi connectivity index (χ4n) is 2.03. The zero-order valence-corrected chi connectivity index (χ0v) is 10.8. The van der Waals surface area contributed by atoms with Crippen LogP contribution in [-0.2, 0) is 11.5 Å². The Bertz CT molecular complexity index is 601. The molecule has 5 heteroatoms. The van der Waals surface area contributed by atoms with Crippen LogP contribution in [0.2, 0.25) is 0 Å². The molecule has 92 valence electrons. The number of benzene rings is 1. The highest BCUT2D eigenvalue weighted by atomic mass is 32.2. The summed E-state index contributed by atoms with van der Waals surface area (Å²) in [5.74, 6) is 3.82. The highest BCUT2D eigenvalue weighted by molar-refractivity contribution is 7.98. The van der Waals surface area contributed by atoms with Crippen LogP contribution in [0.15, 0.2) is 24.3 Å². The molecular formula is C13H13N3OS. The average molecular weight is 259 g/mol. The van der Waals surface area contributed by atoms with Crippen molar-refractivity contribution in [3.8, 4) is 17.1 Å². The number of ether oxygens (including phenoxy) is 1. The van der Waals surface area contributed by atoms with Crippen molar-refractivity contribution in [1.29, 1.82) is 0 Å². The Morgan fingerprint density at radius 2 is 2.06 bits per heavy atom. The number of nitrogens with zero attached hydrogens (tertiary/aromatic N) is 2. The Balaban J connectivity index is 2.15. The van der Waals surface area contributed by atoms with Gasteiger partial charge in [0.25, 0.3) is 0 Å². The Kier molecular flexibility index (Phi) is 2.83. The molecule has 1 aliphatic rings. The highest BCUT2D eigenvalue weighted by Gasteiger charge is 2.19. The quantitative estimate of drug-likeness (QED) is 0.897. The van der Waals surface area contributed by atoms with Gasteiger partial charge in [0.15, 0.2) is 5.82 Å². The van der Waals surface area contributed by atoms with Crippen LogP contribution < -0.4 is 10.5 Å². The number of nitrogen functional groups attached to an aromatic ring is 1. The molecule has 2 N–H and O–H groups in total. The van der Waals surface area contributed by atoms with Gasteiger partial charge < -0.3 is 10.5 Å². The van der Waals surface area contributed by atoms with Crippen molar-refractivity contribution in [3.05, 3.63) is 35.5 Å². The van der Waals surface area contributed by atoms with Gasteiger partial charge in [-0.05, 0) is 12.1 Å². The minimum absolute atomic E-state index is 0.589. The summed E-state index contributed by atoms with van der Waals surface area (Å²) in [4.78, 5) is 9.00. The monoisotopic (exact) mass is 259 g/mol. The summed E-state index contributed by atoms with van der Waals surface area (Å²) in [6, 6.07) is 7.72. The van der Waals surface area contributed by atoms with E-state index in [9.17, 15) is 0 Å². The minimum Gasteiger partial charge on any atom is -0.496 e. The van der Waals surface area contributed by atoms with Crippen LogP contribution in [0.1, 0.15) is 11.3 Å². The Morgan fingerprint density at radius 3 is 2.89 bits per heavy atom. The third-order valence-electron chi connectivity index (χ3n) is 2.96. The molecule has 0 fully saturated rings. The number of nitrogens with two attached hydrogens (primary N) is 1. The molecule has 0 bridgehead atoms. The number of anilines is 1. The second kappa shape index (κ2) is 4.49. The van der Waals surface area contributed by atoms with Crippen LogP contribution in [0, 0.1) is 0 Å². The molecular weight excluding hydrogens is 246 g/mol. The molecule has 0 saturated carbocycles. The Morgan fingerprint density at radius 1 is 1.22 bits per heavy atom. The maximum atomic E-state index is 6.00. The van der Waals surface area contributed by atoms with E-state index in [4.69, 9.17) is 10.5 Å². The van der Waals surface area contributed by atoms with Crippen LogP contribution in [-0.4, -0.2) is 17.1 Å². The normalized spacial score (nSPS) is 13.4. The van der Waals surface area contributed by atoms with Crippen molar-refractivity contribution in [3.63, 3.8) is 0 Å². The van der Waals surface area contributed by atoms with Crippen molar-refractivity contribution in [2.75, 3.05) is 12.8 Å². The third kappa shape index (κ3) is 1.80. The van der Waals surface area contributed by atoms with Gasteiger partial charge in [-0.15, -0.1) is 0 Å². The van der Waals surface area contributed by atoms with Crippen LogP contribution in [0.4, 0.5) is 5.82 Å². The van der Waals surface area contributed by atoms with Crippen molar-refractivity contribution in [2.45, 2.75) is 11.5 Å². The molecule has 1 aliphatic heterocycles. The first-order valence-electron chi connectivity index (χ1n) is 5.66. The first-order valence-corrected chi connectivity index (χ1v) is 6.81. The van der Waals surface area contributed by atoms with Crippen LogP contribution in [0.25, 0.3) is 11.4 Å². The highest BCUT2D eigenvalue weighted by Crippen LogP contribution is 2.34. The van der Waals surface area contributed by atoms with E-state index in [-0.39, 0.29) is 0 Å². The lowest BCUT2D eigenvalue weighted by Gasteiger charge is -2.09. The number of aromatic nitrogens is 2. The molecule has 2 aromatic rings. The van der Waals surface area contributed by atoms with E-state index in [1.54, 1.807) is 7.11 Å². The number of hydrogen-bond acceptors (Lipinski definition) is 5. The number of rotatable bonds is 2. The predicted molar refractivity (Wildman–Crippen MR) is 73.4 cm³/mol. The third-order valence-corrected chi connectivity index (χ3v) is 3.93. The average Bonchev–Trinajstić information content (AvgIpc) is 2.87. The summed E-state index contributed by atoms with van der Waals surface area (Å²) in [5.41, 5.74) is 9.01. The van der Waals surface area contributed by atoms with Gasteiger partial charge in [0, 0.05) is 17.1 Å². The molecule has 0 aliphatic carbocycles. The number of hydrogen-bond donors (Lipinski definition) is 1. The molecule has 4 nitrogen and oxygen atoms in total. The first kappa shape index (κ1) is 11.3. The summed E-state index contributed by atoms with van der Waals surface area (Å²) >= 11 is 1.82. The van der Waals surface area contributed by atoms with Crippen molar-refractivity contribution < 1.29 is 4.74 Å². The smallest absolute Gasteiger partial charge is 0.165 e. The molecule has 18 heavy (non-hydrogen) atoms. The fraction of sp³-hybridized carbons (Fsp3) is 0.231. The molecule has 1 aromatic carbocycles. The maximum absolute atomic E-state index is 6.00. The zero-order chi connectivity index (χ0) is 12.5. The van der Waals surface area contributed by atoms with Crippen molar-refractivity contribution in [2.24, 2.45) is 0 Å². The van der Waals surface area contributed by atoms with E-state index in [0.29, 0.717) is 11.6 Å². The topological polar surface area (TPSA) is 61.0 Å². The van der Waals surface area contributed by atoms with E-state index >= 15 is 0 Å². The number of fused-ring (bicyclic) bond motifs is 1. The number of para-hydroxylation sites is 1. The lowest BCUT2D eigenvalue weighted by molar-refractivity contribution is 0.416. The SMILES string of the molecule is COc1ccccc1-c1nc(N)c2c(n1)CSC2. The summed E-state index contributed by atoms with van der Waals surface area (Å²) in [7, 11) is 1.64. The number of thioether (sulfide) groups is 1. The van der Waals surface area contributed by atoms with Crippen molar-refractivity contribution in [1.82, 2.24) is 9.97 Å². The summed E-state index contributed by atoms with van der Waals surface area (Å²) < 4.78 is 5.33. The fourth-order valence-corrected chi connectivity index (χ4v) is 3.08. The molecule has 3 rings (SSSR count). The second-order valence-electron chi connectivity index (χ2n) is 4.05. The van der Waals surface area contributed by atoms with Gasteiger partial charge in [-0.2, -0.15) is 11.8 Å². The molecule has 0 unspecified atom stereocenters. The van der Waals surface area contributed by atoms with E-state index in [1.165, 1.54) is 0 Å². The first-order chi connectivity index (χ1) is 8.79. The summed E-state index contributed by atoms with van der Waals surface area (Å²) in [6.07, 6.45) is 0. The van der Waals surface area contributed by atoms with E-state index in [1.807, 2.05) is 36.0 Å². The van der Waals surface area contributed by atoms with Gasteiger partial charge in [-0.1, -0.05) is 12.1 Å². The van der Waals surface area contributed by atoms with E-state index < -0.39 is 0 Å². The lowest BCUT2D eigenvalue weighted by Crippen LogP contribution is -2.03. The molecule has 0 radical (unpaired) electrons. The molecule has 0 amide bonds. The van der Waals surface area contributed by atoms with Crippen LogP contribution in [0.3, 0.4) is 0 Å². The molecule has 0 saturated heterocycles. The molecule has 0 atom stereocenters. The Labute approximate surface area is 110 Å². The van der Waals surface area contributed by atoms with Gasteiger partial charge in [0.2, 0.25) is 0 Å². The lowest BCUT2D eigenvalue weighted by atomic mass is 10.1. The summed E-state index contributed by atoms with van der Waals surface area (Å²) in [5, 5.41) is 0. The van der Waals surface area contributed by atoms with Gasteiger partial charge in [-0.25, -0.2) is 9.97 Å². The zero-order valence-electron chi connectivity index (χ0n) is 10.0. The molecule has 2 heterocycles. The molecule has 0 spiro atoms. The van der Waals surface area contributed by atoms with E-state index in [2.05, 4.69) is 9.97 Å². The molecule has 1 aromatic heterocycles. The largest absolute Gasteiger partial charge is 0.496 e. The standard InChI is InChI=1S/C13H13N3OS/c1-17-11-5-3-2-4-8(11)13-15-10-7-18-6-9(10)12(14)16-13/h2-5H,6-7H2,1H3,(H2,14,15,16). The van der Waals surface area contributed by atoms with Gasteiger partial charge >= 0.3 is 0 Å². The second-order valence-corrected chi connectivity index (χ2v) is 5.04. The predicted octanol–water partition coefficient (Wildman–Crippen LogP) is 2.48. The van der Waals surface area contributed by atoms with Gasteiger partial charge in [-0.3, -0.25) is 0 Å². The Hall–Kier alpha value is -1.75. The van der Waals surface area contributed by atoms with Gasteiger partial charge in [0.1, 0.15) is 11.6 Å².